The van der Waals surface area contributed by atoms with Crippen molar-refractivity contribution in [3.05, 3.63) is 59.3 Å². The van der Waals surface area contributed by atoms with Crippen molar-refractivity contribution in [1.29, 1.82) is 5.26 Å². The van der Waals surface area contributed by atoms with Crippen molar-refractivity contribution in [2.24, 2.45) is 0 Å². The van der Waals surface area contributed by atoms with Gasteiger partial charge < -0.3 is 10.1 Å². The predicted octanol–water partition coefficient (Wildman–Crippen LogP) is 3.21. The SMILES string of the molecule is CN(Cc1cccc(C(=O)Nc2ccc(C#N)cn2)c1)CC1CCCCO1. The lowest BCUT2D eigenvalue weighted by Crippen LogP contribution is -2.33. The summed E-state index contributed by atoms with van der Waals surface area (Å²) in [6.45, 7) is 2.51. The number of nitrogens with zero attached hydrogens (tertiary/aromatic N) is 3. The Bertz CT molecular complexity index is 808. The second-order valence-electron chi connectivity index (χ2n) is 6.88. The van der Waals surface area contributed by atoms with Gasteiger partial charge in [0.25, 0.3) is 5.91 Å². The number of hydrogen-bond donors (Lipinski definition) is 1. The fourth-order valence-electron chi connectivity index (χ4n) is 3.21. The average molecular weight is 364 g/mol. The van der Waals surface area contributed by atoms with E-state index in [0.717, 1.165) is 38.1 Å². The minimum atomic E-state index is -0.215. The van der Waals surface area contributed by atoms with E-state index >= 15 is 0 Å². The second kappa shape index (κ2) is 9.26. The molecule has 0 spiro atoms. The van der Waals surface area contributed by atoms with Crippen LogP contribution in [-0.4, -0.2) is 42.1 Å². The van der Waals surface area contributed by atoms with Gasteiger partial charge in [-0.2, -0.15) is 5.26 Å². The molecular weight excluding hydrogens is 340 g/mol. The highest BCUT2D eigenvalue weighted by molar-refractivity contribution is 6.03. The van der Waals surface area contributed by atoms with Gasteiger partial charge in [0.1, 0.15) is 11.9 Å². The Balaban J connectivity index is 1.58. The standard InChI is InChI=1S/C21H24N4O2/c1-25(15-19-7-2-3-10-27-19)14-16-5-4-6-18(11-16)21(26)24-20-9-8-17(12-22)13-23-20/h4-6,8-9,11,13,19H,2-3,7,10,14-15H2,1H3,(H,23,24,26). The van der Waals surface area contributed by atoms with Crippen LogP contribution in [0.4, 0.5) is 5.82 Å². The first-order chi connectivity index (χ1) is 13.1. The Hall–Kier alpha value is -2.75. The van der Waals surface area contributed by atoms with Crippen molar-refractivity contribution in [3.63, 3.8) is 0 Å². The summed E-state index contributed by atoms with van der Waals surface area (Å²) in [5.74, 6) is 0.211. The predicted molar refractivity (Wildman–Crippen MR) is 103 cm³/mol. The van der Waals surface area contributed by atoms with Gasteiger partial charge in [0, 0.05) is 31.5 Å². The van der Waals surface area contributed by atoms with Crippen molar-refractivity contribution in [3.8, 4) is 6.07 Å². The van der Waals surface area contributed by atoms with Crippen molar-refractivity contribution < 1.29 is 9.53 Å². The molecule has 1 aliphatic heterocycles. The van der Waals surface area contributed by atoms with Gasteiger partial charge in [0.2, 0.25) is 0 Å². The first kappa shape index (κ1) is 19.0. The Morgan fingerprint density at radius 2 is 2.26 bits per heavy atom. The normalized spacial score (nSPS) is 16.7. The minimum absolute atomic E-state index is 0.215. The molecule has 2 aromatic rings. The molecule has 0 saturated carbocycles. The van der Waals surface area contributed by atoms with Gasteiger partial charge in [-0.3, -0.25) is 9.69 Å². The van der Waals surface area contributed by atoms with E-state index in [4.69, 9.17) is 10.00 Å². The maximum absolute atomic E-state index is 12.5. The summed E-state index contributed by atoms with van der Waals surface area (Å²) in [5, 5.41) is 11.6. The summed E-state index contributed by atoms with van der Waals surface area (Å²) in [5.41, 5.74) is 2.12. The molecule has 1 aromatic carbocycles. The summed E-state index contributed by atoms with van der Waals surface area (Å²) in [6, 6.07) is 12.9. The average Bonchev–Trinajstić information content (AvgIpc) is 2.69. The van der Waals surface area contributed by atoms with Gasteiger partial charge in [0.15, 0.2) is 0 Å². The Morgan fingerprint density at radius 1 is 1.37 bits per heavy atom. The number of likely N-dealkylation sites (N-methyl/N-ethyl adjacent to an activating group) is 1. The number of carbonyl (C=O) groups excluding carboxylic acids is 1. The van der Waals surface area contributed by atoms with Gasteiger partial charge in [-0.05, 0) is 56.1 Å². The van der Waals surface area contributed by atoms with Crippen LogP contribution in [0.1, 0.15) is 40.7 Å². The highest BCUT2D eigenvalue weighted by atomic mass is 16.5. The van der Waals surface area contributed by atoms with E-state index in [1.54, 1.807) is 18.2 Å². The van der Waals surface area contributed by atoms with Crippen LogP contribution in [0.25, 0.3) is 0 Å². The smallest absolute Gasteiger partial charge is 0.256 e. The molecule has 2 heterocycles. The topological polar surface area (TPSA) is 78.3 Å². The van der Waals surface area contributed by atoms with E-state index in [2.05, 4.69) is 22.2 Å². The summed E-state index contributed by atoms with van der Waals surface area (Å²) >= 11 is 0. The molecule has 1 aliphatic rings. The van der Waals surface area contributed by atoms with Gasteiger partial charge in [-0.1, -0.05) is 12.1 Å². The minimum Gasteiger partial charge on any atom is -0.377 e. The third-order valence-electron chi connectivity index (χ3n) is 4.57. The van der Waals surface area contributed by atoms with Crippen LogP contribution in [0.3, 0.4) is 0 Å². The molecule has 1 atom stereocenters. The second-order valence-corrected chi connectivity index (χ2v) is 6.88. The largest absolute Gasteiger partial charge is 0.377 e. The van der Waals surface area contributed by atoms with E-state index in [0.29, 0.717) is 23.0 Å². The molecule has 6 heteroatoms. The maximum atomic E-state index is 12.5. The van der Waals surface area contributed by atoms with Crippen LogP contribution in [-0.2, 0) is 11.3 Å². The highest BCUT2D eigenvalue weighted by Crippen LogP contribution is 2.15. The third kappa shape index (κ3) is 5.61. The fourth-order valence-corrected chi connectivity index (χ4v) is 3.21. The zero-order valence-corrected chi connectivity index (χ0v) is 15.5. The van der Waals surface area contributed by atoms with Crippen LogP contribution in [0, 0.1) is 11.3 Å². The molecule has 3 rings (SSSR count). The van der Waals surface area contributed by atoms with Crippen molar-refractivity contribution in [1.82, 2.24) is 9.88 Å². The van der Waals surface area contributed by atoms with Gasteiger partial charge >= 0.3 is 0 Å². The number of amides is 1. The lowest BCUT2D eigenvalue weighted by Gasteiger charge is -2.27. The number of rotatable bonds is 6. The quantitative estimate of drug-likeness (QED) is 0.851. The molecule has 1 fully saturated rings. The molecule has 1 amide bonds. The van der Waals surface area contributed by atoms with Crippen LogP contribution in [0.2, 0.25) is 0 Å². The van der Waals surface area contributed by atoms with E-state index < -0.39 is 0 Å². The molecule has 6 nitrogen and oxygen atoms in total. The third-order valence-corrected chi connectivity index (χ3v) is 4.57. The van der Waals surface area contributed by atoms with E-state index in [-0.39, 0.29) is 5.91 Å². The molecular formula is C21H24N4O2. The van der Waals surface area contributed by atoms with Crippen LogP contribution in [0.5, 0.6) is 0 Å². The fraction of sp³-hybridized carbons (Fsp3) is 0.381. The lowest BCUT2D eigenvalue weighted by atomic mass is 10.1. The maximum Gasteiger partial charge on any atom is 0.256 e. The summed E-state index contributed by atoms with van der Waals surface area (Å²) in [7, 11) is 2.07. The number of ether oxygens (including phenoxy) is 1. The van der Waals surface area contributed by atoms with E-state index in [1.807, 2.05) is 24.3 Å². The van der Waals surface area contributed by atoms with Crippen LogP contribution < -0.4 is 5.32 Å². The highest BCUT2D eigenvalue weighted by Gasteiger charge is 2.16. The first-order valence-corrected chi connectivity index (χ1v) is 9.20. The first-order valence-electron chi connectivity index (χ1n) is 9.20. The van der Waals surface area contributed by atoms with E-state index in [1.165, 1.54) is 12.6 Å². The summed E-state index contributed by atoms with van der Waals surface area (Å²) in [4.78, 5) is 18.8. The zero-order valence-electron chi connectivity index (χ0n) is 15.5. The summed E-state index contributed by atoms with van der Waals surface area (Å²) < 4.78 is 5.80. The number of benzene rings is 1. The molecule has 1 aromatic heterocycles. The molecule has 140 valence electrons. The summed E-state index contributed by atoms with van der Waals surface area (Å²) in [6.07, 6.45) is 5.25. The molecule has 0 bridgehead atoms. The lowest BCUT2D eigenvalue weighted by molar-refractivity contribution is -0.00259. The van der Waals surface area contributed by atoms with Crippen LogP contribution >= 0.6 is 0 Å². The molecule has 1 saturated heterocycles. The number of carbonyl (C=O) groups is 1. The molecule has 0 radical (unpaired) electrons. The Kier molecular flexibility index (Phi) is 6.53. The Labute approximate surface area is 159 Å². The van der Waals surface area contributed by atoms with Gasteiger partial charge in [0.05, 0.1) is 11.7 Å². The Morgan fingerprint density at radius 3 is 2.96 bits per heavy atom. The van der Waals surface area contributed by atoms with E-state index in [9.17, 15) is 4.79 Å². The van der Waals surface area contributed by atoms with Gasteiger partial charge in [-0.15, -0.1) is 0 Å². The van der Waals surface area contributed by atoms with Crippen LogP contribution in [0.15, 0.2) is 42.6 Å². The molecule has 27 heavy (non-hydrogen) atoms. The number of aromatic nitrogens is 1. The molecule has 1 unspecified atom stereocenters. The number of hydrogen-bond acceptors (Lipinski definition) is 5. The zero-order chi connectivity index (χ0) is 19.1. The molecule has 0 aliphatic carbocycles. The van der Waals surface area contributed by atoms with Crippen molar-refractivity contribution in [2.75, 3.05) is 25.5 Å². The number of nitriles is 1. The van der Waals surface area contributed by atoms with Crippen molar-refractivity contribution >= 4 is 11.7 Å². The number of nitrogens with one attached hydrogen (secondary N) is 1. The van der Waals surface area contributed by atoms with Gasteiger partial charge in [-0.25, -0.2) is 4.98 Å². The monoisotopic (exact) mass is 364 g/mol. The number of pyridine rings is 1. The van der Waals surface area contributed by atoms with Crippen molar-refractivity contribution in [2.45, 2.75) is 31.9 Å². The molecule has 1 N–H and O–H groups in total. The number of anilines is 1.